The SMILES string of the molecule is CC[C@H]1OC(=O)[C@H](C)[C@@H](OC2CC(C)(OC)C(O)C(C)O2)[C@H](C)[C@@H](OC2OC(C)CC(N(C)C)C2O)[C@](C)(O)C[C@@H](C)CN[C@H](C)[C@@H](O)[C@]1(C)O. The molecule has 6 N–H and O–H groups in total. The molecule has 300 valence electrons. The standard InChI is InChI=1S/C37H70N2O12/c1-14-26-37(10,45)30(41)23(6)38-18-19(2)16-35(8,44)32(51-34-28(40)25(39(11)12)15-20(3)47-34)21(4)29(22(5)33(43)49-26)50-27-17-36(9,46-13)31(42)24(7)48-27/h19-32,34,38,40-42,44-45H,14-18H2,1-13H3/t19-,20?,21+,22-,23-,24?,25?,26-,27?,28?,29+,30-,31?,32-,34?,35-,36?,37-/m1/s1. The van der Waals surface area contributed by atoms with E-state index in [4.69, 9.17) is 28.4 Å². The number of aliphatic hydroxyl groups is 5. The Morgan fingerprint density at radius 1 is 0.941 bits per heavy atom. The van der Waals surface area contributed by atoms with E-state index in [0.717, 1.165) is 0 Å². The van der Waals surface area contributed by atoms with Crippen molar-refractivity contribution in [2.45, 2.75) is 185 Å². The van der Waals surface area contributed by atoms with E-state index < -0.39 is 96.0 Å². The van der Waals surface area contributed by atoms with Gasteiger partial charge >= 0.3 is 5.97 Å². The summed E-state index contributed by atoms with van der Waals surface area (Å²) < 4.78 is 37.4. The maximum Gasteiger partial charge on any atom is 0.311 e. The van der Waals surface area contributed by atoms with Crippen molar-refractivity contribution in [2.75, 3.05) is 27.7 Å². The Kier molecular flexibility index (Phi) is 15.3. The van der Waals surface area contributed by atoms with Crippen LogP contribution in [0.3, 0.4) is 0 Å². The fourth-order valence-electron chi connectivity index (χ4n) is 8.36. The fraction of sp³-hybridized carbons (Fsp3) is 0.973. The highest BCUT2D eigenvalue weighted by Gasteiger charge is 2.52. The number of ether oxygens (including phenoxy) is 6. The van der Waals surface area contributed by atoms with Gasteiger partial charge in [-0.3, -0.25) is 4.79 Å². The van der Waals surface area contributed by atoms with Crippen molar-refractivity contribution in [3.8, 4) is 0 Å². The molecule has 8 unspecified atom stereocenters. The van der Waals surface area contributed by atoms with Gasteiger partial charge in [0.05, 0.1) is 41.5 Å². The average molecular weight is 735 g/mol. The quantitative estimate of drug-likeness (QED) is 0.207. The Labute approximate surface area is 305 Å². The maximum atomic E-state index is 14.1. The maximum absolute atomic E-state index is 14.1. The number of hydrogen-bond acceptors (Lipinski definition) is 14. The molecule has 0 aromatic carbocycles. The summed E-state index contributed by atoms with van der Waals surface area (Å²) in [6.07, 6.45) is -8.22. The molecule has 14 heteroatoms. The molecule has 0 bridgehead atoms. The van der Waals surface area contributed by atoms with Crippen molar-refractivity contribution in [2.24, 2.45) is 17.8 Å². The molecule has 3 saturated heterocycles. The summed E-state index contributed by atoms with van der Waals surface area (Å²) in [6.45, 7) is 17.8. The molecular weight excluding hydrogens is 664 g/mol. The molecule has 0 spiro atoms. The van der Waals surface area contributed by atoms with Gasteiger partial charge in [0.2, 0.25) is 0 Å². The molecule has 3 heterocycles. The molecule has 51 heavy (non-hydrogen) atoms. The minimum Gasteiger partial charge on any atom is -0.459 e. The molecule has 0 amide bonds. The van der Waals surface area contributed by atoms with E-state index in [1.54, 1.807) is 41.5 Å². The fourth-order valence-corrected chi connectivity index (χ4v) is 8.36. The van der Waals surface area contributed by atoms with Gasteiger partial charge in [-0.2, -0.15) is 0 Å². The highest BCUT2D eigenvalue weighted by molar-refractivity contribution is 5.73. The van der Waals surface area contributed by atoms with Crippen LogP contribution in [0.5, 0.6) is 0 Å². The van der Waals surface area contributed by atoms with Crippen LogP contribution >= 0.6 is 0 Å². The van der Waals surface area contributed by atoms with Crippen molar-refractivity contribution in [1.29, 1.82) is 0 Å². The topological polar surface area (TPSA) is 189 Å². The van der Waals surface area contributed by atoms with Crippen molar-refractivity contribution in [1.82, 2.24) is 10.2 Å². The zero-order chi connectivity index (χ0) is 38.8. The number of rotatable bonds is 7. The van der Waals surface area contributed by atoms with Crippen LogP contribution in [-0.4, -0.2) is 154 Å². The lowest BCUT2D eigenvalue weighted by Crippen LogP contribution is -2.60. The summed E-state index contributed by atoms with van der Waals surface area (Å²) in [4.78, 5) is 16.1. The number of carbonyl (C=O) groups excluding carboxylic acids is 1. The first-order chi connectivity index (χ1) is 23.5. The Morgan fingerprint density at radius 3 is 2.14 bits per heavy atom. The van der Waals surface area contributed by atoms with Crippen molar-refractivity contribution < 1.29 is 58.7 Å². The number of carbonyl (C=O) groups is 1. The lowest BCUT2D eigenvalue weighted by Gasteiger charge is -2.48. The van der Waals surface area contributed by atoms with Crippen molar-refractivity contribution in [3.05, 3.63) is 0 Å². The highest BCUT2D eigenvalue weighted by Crippen LogP contribution is 2.40. The number of nitrogens with one attached hydrogen (secondary N) is 1. The van der Waals surface area contributed by atoms with Crippen LogP contribution in [0.1, 0.15) is 94.9 Å². The first-order valence-corrected chi connectivity index (χ1v) is 18.8. The minimum atomic E-state index is -1.80. The molecular formula is C37H70N2O12. The van der Waals surface area contributed by atoms with E-state index in [9.17, 15) is 30.3 Å². The molecule has 0 saturated carbocycles. The monoisotopic (exact) mass is 734 g/mol. The second kappa shape index (κ2) is 17.6. The number of esters is 1. The number of methoxy groups -OCH3 is 1. The second-order valence-corrected chi connectivity index (χ2v) is 16.7. The molecule has 3 aliphatic rings. The number of cyclic esters (lactones) is 1. The summed E-state index contributed by atoms with van der Waals surface area (Å²) in [6, 6.07) is -0.858. The summed E-state index contributed by atoms with van der Waals surface area (Å²) in [5.74, 6) is -2.60. The molecule has 3 rings (SSSR count). The smallest absolute Gasteiger partial charge is 0.311 e. The summed E-state index contributed by atoms with van der Waals surface area (Å²) in [7, 11) is 5.27. The second-order valence-electron chi connectivity index (χ2n) is 16.7. The van der Waals surface area contributed by atoms with Crippen LogP contribution in [0.25, 0.3) is 0 Å². The first-order valence-electron chi connectivity index (χ1n) is 18.8. The normalized spacial score (nSPS) is 49.9. The molecule has 3 fully saturated rings. The van der Waals surface area contributed by atoms with Crippen molar-refractivity contribution >= 4 is 5.97 Å². The van der Waals surface area contributed by atoms with Gasteiger partial charge in [0.15, 0.2) is 12.6 Å². The Balaban J connectivity index is 2.15. The van der Waals surface area contributed by atoms with Gasteiger partial charge in [0.1, 0.15) is 30.0 Å². The van der Waals surface area contributed by atoms with Gasteiger partial charge in [-0.05, 0) is 94.3 Å². The minimum absolute atomic E-state index is 0.132. The molecule has 14 nitrogen and oxygen atoms in total. The van der Waals surface area contributed by atoms with E-state index in [1.807, 2.05) is 39.8 Å². The van der Waals surface area contributed by atoms with E-state index in [1.165, 1.54) is 14.0 Å². The summed E-state index contributed by atoms with van der Waals surface area (Å²) in [5, 5.41) is 60.9. The number of nitrogens with zero attached hydrogens (tertiary/aromatic N) is 1. The molecule has 0 aromatic heterocycles. The summed E-state index contributed by atoms with van der Waals surface area (Å²) >= 11 is 0. The third-order valence-corrected chi connectivity index (χ3v) is 11.7. The van der Waals surface area contributed by atoms with E-state index in [-0.39, 0.29) is 37.3 Å². The molecule has 0 aliphatic carbocycles. The van der Waals surface area contributed by atoms with Crippen molar-refractivity contribution in [3.63, 3.8) is 0 Å². The van der Waals surface area contributed by atoms with Gasteiger partial charge in [-0.15, -0.1) is 0 Å². The first kappa shape index (κ1) is 44.4. The third-order valence-electron chi connectivity index (χ3n) is 11.7. The van der Waals surface area contributed by atoms with Crippen LogP contribution in [0, 0.1) is 17.8 Å². The Morgan fingerprint density at radius 2 is 1.57 bits per heavy atom. The predicted molar refractivity (Wildman–Crippen MR) is 190 cm³/mol. The van der Waals surface area contributed by atoms with Gasteiger partial charge in [-0.25, -0.2) is 0 Å². The Hall–Kier alpha value is -1.01. The van der Waals surface area contributed by atoms with Crippen LogP contribution < -0.4 is 5.32 Å². The van der Waals surface area contributed by atoms with Gasteiger partial charge < -0.3 is 64.2 Å². The summed E-state index contributed by atoms with van der Waals surface area (Å²) in [5.41, 5.74) is -4.37. The van der Waals surface area contributed by atoms with Gasteiger partial charge in [0, 0.05) is 31.5 Å². The third kappa shape index (κ3) is 10.2. The Bertz CT molecular complexity index is 1110. The van der Waals surface area contributed by atoms with Crippen LogP contribution in [0.4, 0.5) is 0 Å². The van der Waals surface area contributed by atoms with E-state index in [2.05, 4.69) is 5.32 Å². The number of aliphatic hydroxyl groups excluding tert-OH is 3. The highest BCUT2D eigenvalue weighted by atomic mass is 16.7. The number of likely N-dealkylation sites (N-methyl/N-ethyl adjacent to an activating group) is 1. The molecule has 0 radical (unpaired) electrons. The molecule has 18 atom stereocenters. The largest absolute Gasteiger partial charge is 0.459 e. The van der Waals surface area contributed by atoms with Crippen LogP contribution in [-0.2, 0) is 33.2 Å². The molecule has 3 aliphatic heterocycles. The zero-order valence-corrected chi connectivity index (χ0v) is 33.2. The van der Waals surface area contributed by atoms with Gasteiger partial charge in [0.25, 0.3) is 0 Å². The average Bonchev–Trinajstić information content (AvgIpc) is 3.05. The van der Waals surface area contributed by atoms with E-state index in [0.29, 0.717) is 13.0 Å². The van der Waals surface area contributed by atoms with Crippen LogP contribution in [0.15, 0.2) is 0 Å². The van der Waals surface area contributed by atoms with Gasteiger partial charge in [-0.1, -0.05) is 20.8 Å². The number of hydrogen-bond donors (Lipinski definition) is 6. The molecule has 0 aromatic rings. The predicted octanol–water partition coefficient (Wildman–Crippen LogP) is 1.56. The van der Waals surface area contributed by atoms with Crippen LogP contribution in [0.2, 0.25) is 0 Å². The van der Waals surface area contributed by atoms with E-state index >= 15 is 0 Å². The lowest BCUT2D eigenvalue weighted by molar-refractivity contribution is -0.318. The lowest BCUT2D eigenvalue weighted by atomic mass is 9.77. The zero-order valence-electron chi connectivity index (χ0n) is 33.2.